The lowest BCUT2D eigenvalue weighted by molar-refractivity contribution is -0.159. The van der Waals surface area contributed by atoms with E-state index in [1.807, 2.05) is 0 Å². The smallest absolute Gasteiger partial charge is 0.309 e. The van der Waals surface area contributed by atoms with Gasteiger partial charge in [-0.2, -0.15) is 0 Å². The summed E-state index contributed by atoms with van der Waals surface area (Å²) in [5.74, 6) is 14.1. The van der Waals surface area contributed by atoms with Gasteiger partial charge in [0, 0.05) is 0 Å². The second kappa shape index (κ2) is 21.2. The highest BCUT2D eigenvalue weighted by Gasteiger charge is 2.54. The van der Waals surface area contributed by atoms with Gasteiger partial charge in [-0.1, -0.05) is 155 Å². The molecule has 0 radical (unpaired) electrons. The predicted molar refractivity (Wildman–Crippen MR) is 252 cm³/mol. The Bertz CT molecular complexity index is 1280. The van der Waals surface area contributed by atoms with E-state index in [4.69, 9.17) is 0 Å². The fourth-order valence-electron chi connectivity index (χ4n) is 19.2. The van der Waals surface area contributed by atoms with Gasteiger partial charge in [0.15, 0.2) is 0 Å². The molecule has 0 amide bonds. The molecule has 9 aliphatic carbocycles. The summed E-state index contributed by atoms with van der Waals surface area (Å²) in [6.07, 6.45) is 56.8. The predicted octanol–water partition coefficient (Wildman–Crippen LogP) is 17.3. The van der Waals surface area contributed by atoms with Crippen molar-refractivity contribution < 1.29 is 9.90 Å². The first kappa shape index (κ1) is 44.7. The van der Waals surface area contributed by atoms with Crippen LogP contribution in [0.15, 0.2) is 0 Å². The number of carboxylic acids is 1. The third kappa shape index (κ3) is 10.4. The zero-order valence-electron chi connectivity index (χ0n) is 39.7. The minimum absolute atomic E-state index is 0.331. The van der Waals surface area contributed by atoms with Gasteiger partial charge in [-0.3, -0.25) is 4.79 Å². The molecule has 0 bridgehead atoms. The standard InChI is InChI=1S/C58H98O2/c1-41-35-52(33-34-58(41,57(59)60)40-44-18-14-17-43(37-44)36-42-15-6-2-7-16-42)53-38-54(49-23-12-5-13-24-49)56(51-31-27-48(28-32-51)46-21-10-4-11-22-46)55(39-53)50-29-25-47(26-30-50)45-19-8-3-9-20-45/h41-56H,2-40H2,1H3,(H,59,60). The Morgan fingerprint density at radius 2 is 0.833 bits per heavy atom. The number of hydrogen-bond donors (Lipinski definition) is 1. The maximum Gasteiger partial charge on any atom is 0.309 e. The van der Waals surface area contributed by atoms with Crippen molar-refractivity contribution in [1.82, 2.24) is 0 Å². The molecule has 9 atom stereocenters. The lowest BCUT2D eigenvalue weighted by atomic mass is 9.49. The normalized spacial score (nSPS) is 44.0. The Morgan fingerprint density at radius 1 is 0.400 bits per heavy atom. The summed E-state index contributed by atoms with van der Waals surface area (Å²) in [5, 5.41) is 11.2. The topological polar surface area (TPSA) is 37.3 Å². The number of hydrogen-bond acceptors (Lipinski definition) is 1. The molecule has 9 aliphatic rings. The zero-order valence-corrected chi connectivity index (χ0v) is 39.7. The van der Waals surface area contributed by atoms with E-state index in [1.54, 1.807) is 64.2 Å². The molecule has 9 unspecified atom stereocenters. The molecular formula is C58H98O2. The molecule has 60 heavy (non-hydrogen) atoms. The third-order valence-electron chi connectivity index (χ3n) is 22.4. The van der Waals surface area contributed by atoms with Crippen LogP contribution >= 0.6 is 0 Å². The summed E-state index contributed by atoms with van der Waals surface area (Å²) in [6.45, 7) is 2.45. The Balaban J connectivity index is 0.913. The zero-order chi connectivity index (χ0) is 40.9. The first-order chi connectivity index (χ1) is 29.4. The van der Waals surface area contributed by atoms with Gasteiger partial charge in [-0.25, -0.2) is 0 Å². The van der Waals surface area contributed by atoms with Crippen molar-refractivity contribution >= 4 is 5.97 Å². The summed E-state index contributed by atoms with van der Waals surface area (Å²) in [5.41, 5.74) is -0.470. The van der Waals surface area contributed by atoms with Crippen LogP contribution in [0.2, 0.25) is 0 Å². The number of carbonyl (C=O) groups is 1. The van der Waals surface area contributed by atoms with Crippen molar-refractivity contribution in [1.29, 1.82) is 0 Å². The molecule has 0 aliphatic heterocycles. The highest BCUT2D eigenvalue weighted by molar-refractivity contribution is 5.75. The van der Waals surface area contributed by atoms with Crippen LogP contribution in [0, 0.1) is 100 Å². The van der Waals surface area contributed by atoms with Gasteiger partial charge in [0.2, 0.25) is 0 Å². The molecule has 0 saturated heterocycles. The molecule has 1 N–H and O–H groups in total. The van der Waals surface area contributed by atoms with E-state index in [1.165, 1.54) is 173 Å². The summed E-state index contributed by atoms with van der Waals surface area (Å²) >= 11 is 0. The molecule has 0 aromatic heterocycles. The third-order valence-corrected chi connectivity index (χ3v) is 22.4. The number of aliphatic carboxylic acids is 1. The average Bonchev–Trinajstić information content (AvgIpc) is 3.30. The van der Waals surface area contributed by atoms with Crippen molar-refractivity contribution in [3.05, 3.63) is 0 Å². The van der Waals surface area contributed by atoms with E-state index in [2.05, 4.69) is 6.92 Å². The summed E-state index contributed by atoms with van der Waals surface area (Å²) < 4.78 is 0. The van der Waals surface area contributed by atoms with Gasteiger partial charge in [0.05, 0.1) is 5.41 Å². The van der Waals surface area contributed by atoms with Crippen LogP contribution in [0.1, 0.15) is 257 Å². The van der Waals surface area contributed by atoms with Crippen LogP contribution in [-0.4, -0.2) is 11.1 Å². The Kier molecular flexibility index (Phi) is 15.8. The fourth-order valence-corrected chi connectivity index (χ4v) is 19.2. The number of carboxylic acid groups (broad SMARTS) is 1. The summed E-state index contributed by atoms with van der Waals surface area (Å²) in [4.78, 5) is 13.6. The molecule has 2 heteroatoms. The molecular weight excluding hydrogens is 729 g/mol. The van der Waals surface area contributed by atoms with Crippen molar-refractivity contribution in [3.8, 4) is 0 Å². The molecule has 0 aromatic carbocycles. The first-order valence-corrected chi connectivity index (χ1v) is 28.7. The Labute approximate surface area is 371 Å². The van der Waals surface area contributed by atoms with Gasteiger partial charge >= 0.3 is 5.97 Å². The molecule has 0 aromatic rings. The lowest BCUT2D eigenvalue weighted by Crippen LogP contribution is -2.49. The van der Waals surface area contributed by atoms with E-state index < -0.39 is 11.4 Å². The van der Waals surface area contributed by atoms with E-state index in [0.717, 1.165) is 95.7 Å². The van der Waals surface area contributed by atoms with Crippen LogP contribution in [-0.2, 0) is 4.79 Å². The Hall–Kier alpha value is -0.530. The van der Waals surface area contributed by atoms with Crippen molar-refractivity contribution in [3.63, 3.8) is 0 Å². The molecule has 9 saturated carbocycles. The van der Waals surface area contributed by atoms with Gasteiger partial charge in [-0.05, 0) is 197 Å². The van der Waals surface area contributed by atoms with Crippen molar-refractivity contribution in [2.45, 2.75) is 257 Å². The fraction of sp³-hybridized carbons (Fsp3) is 0.983. The summed E-state index contributed by atoms with van der Waals surface area (Å²) in [7, 11) is 0. The highest BCUT2D eigenvalue weighted by atomic mass is 16.4. The lowest BCUT2D eigenvalue weighted by Gasteiger charge is -2.56. The molecule has 342 valence electrons. The maximum absolute atomic E-state index is 13.6. The van der Waals surface area contributed by atoms with Gasteiger partial charge in [0.1, 0.15) is 0 Å². The minimum Gasteiger partial charge on any atom is -0.481 e. The van der Waals surface area contributed by atoms with Crippen molar-refractivity contribution in [2.24, 2.45) is 100 Å². The van der Waals surface area contributed by atoms with Gasteiger partial charge in [0.25, 0.3) is 0 Å². The largest absolute Gasteiger partial charge is 0.481 e. The van der Waals surface area contributed by atoms with Crippen molar-refractivity contribution in [2.75, 3.05) is 0 Å². The molecule has 0 heterocycles. The van der Waals surface area contributed by atoms with E-state index in [-0.39, 0.29) is 0 Å². The molecule has 9 fully saturated rings. The van der Waals surface area contributed by atoms with Crippen LogP contribution in [0.25, 0.3) is 0 Å². The second-order valence-electron chi connectivity index (χ2n) is 25.4. The summed E-state index contributed by atoms with van der Waals surface area (Å²) in [6, 6.07) is 0. The van der Waals surface area contributed by atoms with Crippen LogP contribution in [0.5, 0.6) is 0 Å². The van der Waals surface area contributed by atoms with Crippen LogP contribution in [0.4, 0.5) is 0 Å². The van der Waals surface area contributed by atoms with Crippen LogP contribution in [0.3, 0.4) is 0 Å². The number of rotatable bonds is 11. The van der Waals surface area contributed by atoms with E-state index in [0.29, 0.717) is 11.8 Å². The molecule has 0 spiro atoms. The molecule has 9 rings (SSSR count). The van der Waals surface area contributed by atoms with Gasteiger partial charge < -0.3 is 5.11 Å². The van der Waals surface area contributed by atoms with E-state index >= 15 is 0 Å². The quantitative estimate of drug-likeness (QED) is 0.225. The monoisotopic (exact) mass is 827 g/mol. The van der Waals surface area contributed by atoms with Crippen LogP contribution < -0.4 is 0 Å². The maximum atomic E-state index is 13.6. The average molecular weight is 827 g/mol. The molecule has 2 nitrogen and oxygen atoms in total. The Morgan fingerprint density at radius 3 is 1.37 bits per heavy atom. The first-order valence-electron chi connectivity index (χ1n) is 28.7. The highest BCUT2D eigenvalue weighted by Crippen LogP contribution is 2.61. The minimum atomic E-state index is -0.470. The SMILES string of the molecule is CC1CC(C2CC(C3CCCCC3)C(C3CCC(C4CCCCC4)CC3)C(C3CCC(C4CCCCC4)CC3)C2)CCC1(CC1CCCC(CC2CCCCC2)C1)C(=O)O. The van der Waals surface area contributed by atoms with E-state index in [9.17, 15) is 9.90 Å². The second-order valence-corrected chi connectivity index (χ2v) is 25.4. The van der Waals surface area contributed by atoms with Gasteiger partial charge in [-0.15, -0.1) is 0 Å².